The Kier molecular flexibility index (Phi) is 2.56. The van der Waals surface area contributed by atoms with Crippen LogP contribution in [0, 0.1) is 5.82 Å². The van der Waals surface area contributed by atoms with Crippen LogP contribution in [0.2, 0.25) is 0 Å². The summed E-state index contributed by atoms with van der Waals surface area (Å²) in [7, 11) is 0. The molecule has 2 heterocycles. The SMILES string of the molecule is Nc1nc(N)c2nc(-c3ccccc3F)c(N)nc2n1. The minimum Gasteiger partial charge on any atom is -0.382 e. The van der Waals surface area contributed by atoms with E-state index in [1.165, 1.54) is 6.07 Å². The molecule has 0 radical (unpaired) electrons. The number of fused-ring (bicyclic) bond motifs is 1. The molecule has 0 aliphatic carbocycles. The van der Waals surface area contributed by atoms with E-state index >= 15 is 0 Å². The van der Waals surface area contributed by atoms with Crippen molar-refractivity contribution in [3.63, 3.8) is 0 Å². The molecule has 0 saturated carbocycles. The van der Waals surface area contributed by atoms with E-state index in [0.29, 0.717) is 0 Å². The molecule has 2 aromatic heterocycles. The summed E-state index contributed by atoms with van der Waals surface area (Å²) in [5.74, 6) is -0.372. The number of hydrogen-bond acceptors (Lipinski definition) is 7. The molecule has 0 unspecified atom stereocenters. The van der Waals surface area contributed by atoms with Gasteiger partial charge in [0.25, 0.3) is 0 Å². The van der Waals surface area contributed by atoms with Gasteiger partial charge in [-0.05, 0) is 12.1 Å². The lowest BCUT2D eigenvalue weighted by atomic mass is 10.1. The van der Waals surface area contributed by atoms with Crippen molar-refractivity contribution in [2.75, 3.05) is 17.2 Å². The first-order valence-electron chi connectivity index (χ1n) is 5.67. The van der Waals surface area contributed by atoms with Crippen LogP contribution in [0.5, 0.6) is 0 Å². The Morgan fingerprint density at radius 1 is 0.850 bits per heavy atom. The van der Waals surface area contributed by atoms with Crippen molar-refractivity contribution in [3.05, 3.63) is 30.1 Å². The first kappa shape index (κ1) is 12.0. The van der Waals surface area contributed by atoms with Crippen molar-refractivity contribution >= 4 is 28.7 Å². The second-order valence-corrected chi connectivity index (χ2v) is 4.08. The molecule has 0 aliphatic heterocycles. The number of rotatable bonds is 1. The molecule has 0 fully saturated rings. The van der Waals surface area contributed by atoms with Gasteiger partial charge in [0.1, 0.15) is 11.5 Å². The van der Waals surface area contributed by atoms with Crippen molar-refractivity contribution in [3.8, 4) is 11.3 Å². The van der Waals surface area contributed by atoms with E-state index in [4.69, 9.17) is 17.2 Å². The Morgan fingerprint density at radius 3 is 2.35 bits per heavy atom. The molecule has 0 atom stereocenters. The zero-order valence-corrected chi connectivity index (χ0v) is 10.2. The number of nitrogens with two attached hydrogens (primary N) is 3. The maximum atomic E-state index is 13.8. The molecule has 20 heavy (non-hydrogen) atoms. The Bertz CT molecular complexity index is 818. The number of halogens is 1. The quantitative estimate of drug-likeness (QED) is 0.601. The van der Waals surface area contributed by atoms with E-state index in [9.17, 15) is 4.39 Å². The summed E-state index contributed by atoms with van der Waals surface area (Å²) in [5, 5.41) is 0. The minimum atomic E-state index is -0.456. The van der Waals surface area contributed by atoms with Gasteiger partial charge in [0.2, 0.25) is 5.95 Å². The van der Waals surface area contributed by atoms with Crippen molar-refractivity contribution < 1.29 is 4.39 Å². The minimum absolute atomic E-state index is 0.0256. The summed E-state index contributed by atoms with van der Waals surface area (Å²) in [6.45, 7) is 0. The van der Waals surface area contributed by atoms with Crippen LogP contribution in [0.4, 0.5) is 22.0 Å². The van der Waals surface area contributed by atoms with Gasteiger partial charge < -0.3 is 17.2 Å². The predicted octanol–water partition coefficient (Wildman–Crippen LogP) is 0.973. The average molecular weight is 271 g/mol. The van der Waals surface area contributed by atoms with Gasteiger partial charge in [0.05, 0.1) is 0 Å². The Morgan fingerprint density at radius 2 is 1.60 bits per heavy atom. The van der Waals surface area contributed by atoms with Gasteiger partial charge in [-0.15, -0.1) is 0 Å². The Hall–Kier alpha value is -3.03. The highest BCUT2D eigenvalue weighted by molar-refractivity contribution is 5.87. The molecule has 6 N–H and O–H groups in total. The zero-order valence-electron chi connectivity index (χ0n) is 10.2. The normalized spacial score (nSPS) is 10.8. The van der Waals surface area contributed by atoms with Gasteiger partial charge in [0, 0.05) is 5.56 Å². The maximum Gasteiger partial charge on any atom is 0.224 e. The smallest absolute Gasteiger partial charge is 0.224 e. The van der Waals surface area contributed by atoms with Crippen LogP contribution in [0.1, 0.15) is 0 Å². The van der Waals surface area contributed by atoms with Gasteiger partial charge in [-0.1, -0.05) is 12.1 Å². The van der Waals surface area contributed by atoms with Crippen molar-refractivity contribution in [1.82, 2.24) is 19.9 Å². The van der Waals surface area contributed by atoms with Gasteiger partial charge >= 0.3 is 0 Å². The molecule has 3 aromatic rings. The summed E-state index contributed by atoms with van der Waals surface area (Å²) >= 11 is 0. The zero-order chi connectivity index (χ0) is 14.3. The monoisotopic (exact) mass is 271 g/mol. The number of nitrogens with zero attached hydrogens (tertiary/aromatic N) is 4. The molecule has 3 rings (SSSR count). The number of anilines is 3. The molecule has 100 valence electrons. The molecule has 7 nitrogen and oxygen atoms in total. The second-order valence-electron chi connectivity index (χ2n) is 4.08. The van der Waals surface area contributed by atoms with Crippen LogP contribution in [-0.2, 0) is 0 Å². The summed E-state index contributed by atoms with van der Waals surface area (Å²) in [4.78, 5) is 16.0. The van der Waals surface area contributed by atoms with Gasteiger partial charge in [0.15, 0.2) is 22.8 Å². The lowest BCUT2D eigenvalue weighted by molar-refractivity contribution is 0.631. The van der Waals surface area contributed by atoms with Crippen LogP contribution in [0.3, 0.4) is 0 Å². The third-order valence-corrected chi connectivity index (χ3v) is 2.73. The van der Waals surface area contributed by atoms with Gasteiger partial charge in [-0.25, -0.2) is 14.4 Å². The van der Waals surface area contributed by atoms with Crippen LogP contribution >= 0.6 is 0 Å². The predicted molar refractivity (Wildman–Crippen MR) is 73.8 cm³/mol. The molecule has 0 spiro atoms. The molecular formula is C12H10FN7. The average Bonchev–Trinajstić information content (AvgIpc) is 2.39. The fourth-order valence-corrected chi connectivity index (χ4v) is 1.85. The summed E-state index contributed by atoms with van der Waals surface area (Å²) in [5.41, 5.74) is 17.8. The lowest BCUT2D eigenvalue weighted by Crippen LogP contribution is -2.06. The van der Waals surface area contributed by atoms with E-state index in [2.05, 4.69) is 19.9 Å². The highest BCUT2D eigenvalue weighted by Crippen LogP contribution is 2.27. The Labute approximate surface area is 112 Å². The number of hydrogen-bond donors (Lipinski definition) is 3. The summed E-state index contributed by atoms with van der Waals surface area (Å²) in [6.07, 6.45) is 0. The van der Waals surface area contributed by atoms with E-state index in [1.807, 2.05) is 0 Å². The van der Waals surface area contributed by atoms with Crippen LogP contribution < -0.4 is 17.2 Å². The highest BCUT2D eigenvalue weighted by Gasteiger charge is 2.15. The topological polar surface area (TPSA) is 130 Å². The highest BCUT2D eigenvalue weighted by atomic mass is 19.1. The summed E-state index contributed by atoms with van der Waals surface area (Å²) < 4.78 is 13.8. The molecule has 0 bridgehead atoms. The standard InChI is InChI=1S/C12H10FN7/c13-6-4-2-1-3-5(6)7-9(14)18-11-8(17-7)10(15)19-12(16)20-11/h1-4H,(H6,14,15,16,18,19,20). The fourth-order valence-electron chi connectivity index (χ4n) is 1.85. The summed E-state index contributed by atoms with van der Waals surface area (Å²) in [6, 6.07) is 6.10. The van der Waals surface area contributed by atoms with E-state index < -0.39 is 5.82 Å². The third kappa shape index (κ3) is 1.83. The van der Waals surface area contributed by atoms with Crippen LogP contribution in [0.15, 0.2) is 24.3 Å². The van der Waals surface area contributed by atoms with Crippen molar-refractivity contribution in [2.45, 2.75) is 0 Å². The van der Waals surface area contributed by atoms with E-state index in [1.54, 1.807) is 18.2 Å². The second kappa shape index (κ2) is 4.26. The molecule has 1 aromatic carbocycles. The molecule has 0 saturated heterocycles. The molecular weight excluding hydrogens is 261 g/mol. The van der Waals surface area contributed by atoms with Crippen LogP contribution in [0.25, 0.3) is 22.4 Å². The lowest BCUT2D eigenvalue weighted by Gasteiger charge is -2.08. The van der Waals surface area contributed by atoms with Gasteiger partial charge in [-0.3, -0.25) is 0 Å². The van der Waals surface area contributed by atoms with Gasteiger partial charge in [-0.2, -0.15) is 9.97 Å². The molecule has 8 heteroatoms. The first-order valence-corrected chi connectivity index (χ1v) is 5.67. The number of aromatic nitrogens is 4. The largest absolute Gasteiger partial charge is 0.382 e. The molecule has 0 aliphatic rings. The fraction of sp³-hybridized carbons (Fsp3) is 0. The van der Waals surface area contributed by atoms with Crippen LogP contribution in [-0.4, -0.2) is 19.9 Å². The Balaban J connectivity index is 2.33. The first-order chi connectivity index (χ1) is 9.56. The van der Waals surface area contributed by atoms with E-state index in [0.717, 1.165) is 0 Å². The van der Waals surface area contributed by atoms with Crippen molar-refractivity contribution in [1.29, 1.82) is 0 Å². The maximum absolute atomic E-state index is 13.8. The third-order valence-electron chi connectivity index (χ3n) is 2.73. The molecule has 0 amide bonds. The number of benzene rings is 1. The van der Waals surface area contributed by atoms with E-state index in [-0.39, 0.29) is 40.0 Å². The van der Waals surface area contributed by atoms with Crippen molar-refractivity contribution in [2.24, 2.45) is 0 Å². The number of nitrogen functional groups attached to an aromatic ring is 3.